The van der Waals surface area contributed by atoms with Crippen molar-refractivity contribution in [1.82, 2.24) is 9.97 Å². The van der Waals surface area contributed by atoms with Gasteiger partial charge in [0.2, 0.25) is 0 Å². The standard InChI is InChI=1S/C18H24N2O2/c1-12(2)5-7-22-15-8-13-4-6-19-17(16(13)20-11-15)14-9-18(3,21)10-14/h4,6,8,11-12,14,21H,5,7,9-10H2,1-3H3/t14-,18-. The molecule has 1 aliphatic carbocycles. The van der Waals surface area contributed by atoms with Crippen molar-refractivity contribution in [1.29, 1.82) is 0 Å². The summed E-state index contributed by atoms with van der Waals surface area (Å²) in [5, 5.41) is 11.0. The lowest BCUT2D eigenvalue weighted by molar-refractivity contribution is -0.0319. The normalized spacial score (nSPS) is 24.5. The van der Waals surface area contributed by atoms with E-state index in [1.54, 1.807) is 6.20 Å². The molecule has 0 spiro atoms. The highest BCUT2D eigenvalue weighted by molar-refractivity contribution is 5.82. The molecule has 0 bridgehead atoms. The summed E-state index contributed by atoms with van der Waals surface area (Å²) in [5.41, 5.74) is 1.38. The Hall–Kier alpha value is -1.68. The lowest BCUT2D eigenvalue weighted by atomic mass is 9.70. The summed E-state index contributed by atoms with van der Waals surface area (Å²) in [4.78, 5) is 9.06. The van der Waals surface area contributed by atoms with Crippen LogP contribution in [0.1, 0.15) is 51.6 Å². The van der Waals surface area contributed by atoms with Gasteiger partial charge in [-0.05, 0) is 44.2 Å². The molecule has 1 aliphatic rings. The predicted molar refractivity (Wildman–Crippen MR) is 87.1 cm³/mol. The van der Waals surface area contributed by atoms with Crippen molar-refractivity contribution in [3.63, 3.8) is 0 Å². The largest absolute Gasteiger partial charge is 0.492 e. The maximum atomic E-state index is 9.93. The molecule has 0 atom stereocenters. The van der Waals surface area contributed by atoms with Crippen LogP contribution in [-0.4, -0.2) is 27.3 Å². The van der Waals surface area contributed by atoms with Gasteiger partial charge < -0.3 is 9.84 Å². The number of hydrogen-bond acceptors (Lipinski definition) is 4. The molecule has 0 aliphatic heterocycles. The molecule has 22 heavy (non-hydrogen) atoms. The molecule has 0 saturated heterocycles. The van der Waals surface area contributed by atoms with Crippen molar-refractivity contribution >= 4 is 10.9 Å². The Morgan fingerprint density at radius 1 is 1.36 bits per heavy atom. The monoisotopic (exact) mass is 300 g/mol. The summed E-state index contributed by atoms with van der Waals surface area (Å²) in [6.07, 6.45) is 6.16. The fourth-order valence-electron chi connectivity index (χ4n) is 3.05. The number of fused-ring (bicyclic) bond motifs is 1. The first kappa shape index (κ1) is 15.2. The molecule has 4 heteroatoms. The lowest BCUT2D eigenvalue weighted by Gasteiger charge is -2.40. The molecule has 0 aromatic carbocycles. The van der Waals surface area contributed by atoms with Crippen molar-refractivity contribution in [2.45, 2.75) is 51.6 Å². The Morgan fingerprint density at radius 2 is 2.14 bits per heavy atom. The van der Waals surface area contributed by atoms with Crippen molar-refractivity contribution in [2.24, 2.45) is 5.92 Å². The highest BCUT2D eigenvalue weighted by Gasteiger charge is 2.40. The van der Waals surface area contributed by atoms with Gasteiger partial charge in [0.15, 0.2) is 0 Å². The number of rotatable bonds is 5. The van der Waals surface area contributed by atoms with Crippen LogP contribution in [0.15, 0.2) is 24.5 Å². The Labute approximate surface area is 131 Å². The highest BCUT2D eigenvalue weighted by atomic mass is 16.5. The first-order valence-electron chi connectivity index (χ1n) is 8.04. The topological polar surface area (TPSA) is 55.2 Å². The Balaban J connectivity index is 1.79. The highest BCUT2D eigenvalue weighted by Crippen LogP contribution is 2.45. The Kier molecular flexibility index (Phi) is 4.04. The van der Waals surface area contributed by atoms with Crippen molar-refractivity contribution < 1.29 is 9.84 Å². The summed E-state index contributed by atoms with van der Waals surface area (Å²) in [6, 6.07) is 4.00. The number of ether oxygens (including phenoxy) is 1. The minimum Gasteiger partial charge on any atom is -0.492 e. The summed E-state index contributed by atoms with van der Waals surface area (Å²) in [6.45, 7) is 6.97. The van der Waals surface area contributed by atoms with Crippen LogP contribution in [0.2, 0.25) is 0 Å². The van der Waals surface area contributed by atoms with Crippen LogP contribution in [0.5, 0.6) is 5.75 Å². The van der Waals surface area contributed by atoms with E-state index in [4.69, 9.17) is 4.74 Å². The third kappa shape index (κ3) is 3.22. The second kappa shape index (κ2) is 5.84. The molecule has 4 nitrogen and oxygen atoms in total. The van der Waals surface area contributed by atoms with E-state index in [-0.39, 0.29) is 0 Å². The summed E-state index contributed by atoms with van der Waals surface area (Å²) < 4.78 is 5.78. The van der Waals surface area contributed by atoms with Crippen molar-refractivity contribution in [3.05, 3.63) is 30.2 Å². The number of aliphatic hydroxyl groups is 1. The first-order valence-corrected chi connectivity index (χ1v) is 8.04. The van der Waals surface area contributed by atoms with Gasteiger partial charge in [-0.2, -0.15) is 0 Å². The van der Waals surface area contributed by atoms with Gasteiger partial charge in [0.1, 0.15) is 5.75 Å². The molecular formula is C18H24N2O2. The third-order valence-corrected chi connectivity index (χ3v) is 4.33. The Morgan fingerprint density at radius 3 is 2.82 bits per heavy atom. The molecule has 2 aromatic rings. The molecule has 1 saturated carbocycles. The van der Waals surface area contributed by atoms with Gasteiger partial charge in [0.25, 0.3) is 0 Å². The molecule has 118 valence electrons. The molecule has 0 unspecified atom stereocenters. The van der Waals surface area contributed by atoms with Crippen LogP contribution >= 0.6 is 0 Å². The molecule has 2 heterocycles. The number of pyridine rings is 2. The van der Waals surface area contributed by atoms with Gasteiger partial charge in [-0.1, -0.05) is 13.8 Å². The zero-order valence-corrected chi connectivity index (χ0v) is 13.5. The third-order valence-electron chi connectivity index (χ3n) is 4.33. The Bertz CT molecular complexity index is 659. The maximum absolute atomic E-state index is 9.93. The van der Waals surface area contributed by atoms with Gasteiger partial charge in [-0.25, -0.2) is 0 Å². The first-order chi connectivity index (χ1) is 10.4. The van der Waals surface area contributed by atoms with Gasteiger partial charge in [-0.3, -0.25) is 9.97 Å². The molecule has 3 rings (SSSR count). The smallest absolute Gasteiger partial charge is 0.138 e. The van der Waals surface area contributed by atoms with E-state index in [0.717, 1.165) is 41.6 Å². The summed E-state index contributed by atoms with van der Waals surface area (Å²) in [5.74, 6) is 1.75. The van der Waals surface area contributed by atoms with Crippen LogP contribution in [0, 0.1) is 5.92 Å². The van der Waals surface area contributed by atoms with Gasteiger partial charge >= 0.3 is 0 Å². The van der Waals surface area contributed by atoms with Crippen LogP contribution in [0.4, 0.5) is 0 Å². The van der Waals surface area contributed by atoms with Crippen molar-refractivity contribution in [3.8, 4) is 5.75 Å². The van der Waals surface area contributed by atoms with E-state index in [9.17, 15) is 5.11 Å². The SMILES string of the molecule is CC(C)CCOc1cnc2c(ccnc2[C@H]2C[C@](C)(O)C2)c1. The molecule has 1 fully saturated rings. The van der Waals surface area contributed by atoms with E-state index in [2.05, 4.69) is 23.8 Å². The molecule has 1 N–H and O–H groups in total. The maximum Gasteiger partial charge on any atom is 0.138 e. The zero-order chi connectivity index (χ0) is 15.7. The molecule has 2 aromatic heterocycles. The van der Waals surface area contributed by atoms with Crippen molar-refractivity contribution in [2.75, 3.05) is 6.61 Å². The predicted octanol–water partition coefficient (Wildman–Crippen LogP) is 3.68. The van der Waals surface area contributed by atoms with E-state index in [0.29, 0.717) is 18.4 Å². The van der Waals surface area contributed by atoms with E-state index in [1.807, 2.05) is 25.3 Å². The lowest BCUT2D eigenvalue weighted by Crippen LogP contribution is -2.39. The quantitative estimate of drug-likeness (QED) is 0.915. The minimum atomic E-state index is -0.547. The van der Waals surface area contributed by atoms with E-state index in [1.165, 1.54) is 0 Å². The number of nitrogens with zero attached hydrogens (tertiary/aromatic N) is 2. The second-order valence-corrected chi connectivity index (χ2v) is 7.07. The molecular weight excluding hydrogens is 276 g/mol. The van der Waals surface area contributed by atoms with Crippen LogP contribution in [0.25, 0.3) is 10.9 Å². The average molecular weight is 300 g/mol. The fraction of sp³-hybridized carbons (Fsp3) is 0.556. The average Bonchev–Trinajstić information content (AvgIpc) is 2.43. The molecule has 0 radical (unpaired) electrons. The second-order valence-electron chi connectivity index (χ2n) is 7.07. The van der Waals surface area contributed by atoms with Gasteiger partial charge in [0.05, 0.1) is 29.6 Å². The van der Waals surface area contributed by atoms with Crippen LogP contribution in [-0.2, 0) is 0 Å². The van der Waals surface area contributed by atoms with E-state index >= 15 is 0 Å². The zero-order valence-electron chi connectivity index (χ0n) is 13.5. The van der Waals surface area contributed by atoms with Crippen LogP contribution < -0.4 is 4.74 Å². The number of aromatic nitrogens is 2. The summed E-state index contributed by atoms with van der Waals surface area (Å²) in [7, 11) is 0. The fourth-order valence-corrected chi connectivity index (χ4v) is 3.05. The van der Waals surface area contributed by atoms with Gasteiger partial charge in [0, 0.05) is 17.5 Å². The van der Waals surface area contributed by atoms with Crippen LogP contribution in [0.3, 0.4) is 0 Å². The molecule has 0 amide bonds. The van der Waals surface area contributed by atoms with E-state index < -0.39 is 5.60 Å². The number of hydrogen-bond donors (Lipinski definition) is 1. The minimum absolute atomic E-state index is 0.305. The van der Waals surface area contributed by atoms with Gasteiger partial charge in [-0.15, -0.1) is 0 Å². The summed E-state index contributed by atoms with van der Waals surface area (Å²) >= 11 is 0.